The van der Waals surface area contributed by atoms with Gasteiger partial charge in [0.1, 0.15) is 0 Å². The molecule has 0 saturated carbocycles. The molecule has 52 heavy (non-hydrogen) atoms. The number of aromatic nitrogens is 4. The third-order valence-electron chi connectivity index (χ3n) is 9.47. The van der Waals surface area contributed by atoms with Crippen molar-refractivity contribution in [2.75, 3.05) is 0 Å². The van der Waals surface area contributed by atoms with Crippen LogP contribution in [0.25, 0.3) is 99.3 Å². The molecule has 0 atom stereocenters. The predicted molar refractivity (Wildman–Crippen MR) is 217 cm³/mol. The first kappa shape index (κ1) is 17.8. The van der Waals surface area contributed by atoms with Crippen LogP contribution in [0, 0.1) is 0 Å². The molecule has 0 aliphatic heterocycles. The molecule has 4 heteroatoms. The van der Waals surface area contributed by atoms with E-state index in [1.54, 1.807) is 24.3 Å². The first-order valence-corrected chi connectivity index (χ1v) is 16.5. The molecule has 4 nitrogen and oxygen atoms in total. The predicted octanol–water partition coefficient (Wildman–Crippen LogP) is 12.3. The lowest BCUT2D eigenvalue weighted by Gasteiger charge is -2.12. The van der Waals surface area contributed by atoms with Gasteiger partial charge in [0.15, 0.2) is 5.82 Å². The van der Waals surface area contributed by atoms with Crippen molar-refractivity contribution in [1.29, 1.82) is 0 Å². The van der Waals surface area contributed by atoms with Crippen molar-refractivity contribution < 1.29 is 20.6 Å². The summed E-state index contributed by atoms with van der Waals surface area (Å²) < 4.78 is 137. The van der Waals surface area contributed by atoms with E-state index < -0.39 is 96.3 Å². The first-order chi connectivity index (χ1) is 32.0. The van der Waals surface area contributed by atoms with Gasteiger partial charge in [0.25, 0.3) is 0 Å². The van der Waals surface area contributed by atoms with Crippen molar-refractivity contribution in [2.24, 2.45) is 0 Å². The summed E-state index contributed by atoms with van der Waals surface area (Å²) in [6.45, 7) is 0. The van der Waals surface area contributed by atoms with Gasteiger partial charge in [0.2, 0.25) is 0 Å². The molecule has 0 spiro atoms. The summed E-state index contributed by atoms with van der Waals surface area (Å²) in [4.78, 5) is 9.97. The Balaban J connectivity index is 1.24. The smallest absolute Gasteiger partial charge is 0.160 e. The summed E-state index contributed by atoms with van der Waals surface area (Å²) >= 11 is 0. The lowest BCUT2D eigenvalue weighted by Crippen LogP contribution is -1.97. The van der Waals surface area contributed by atoms with Crippen LogP contribution < -0.4 is 0 Å². The van der Waals surface area contributed by atoms with Gasteiger partial charge in [-0.25, -0.2) is 9.97 Å². The molecule has 11 rings (SSSR count). The van der Waals surface area contributed by atoms with Gasteiger partial charge in [-0.2, -0.15) is 0 Å². The van der Waals surface area contributed by atoms with Crippen LogP contribution >= 0.6 is 0 Å². The molecule has 0 fully saturated rings. The highest BCUT2D eigenvalue weighted by Crippen LogP contribution is 2.42. The van der Waals surface area contributed by atoms with E-state index >= 15 is 0 Å². The molecule has 0 aliphatic carbocycles. The SMILES string of the molecule is [2H]c1c([2H])c([2H])c(-n2c3c([2H])c([2H])c([2H])c([2H])c3c3c4c5c([2H])c([2H])c([2H])c([2H])c5n(-c5ccc(-c6nc(-c7ccc8ccccc8c7)c7ccccc7n6)cc5)c4c([2H])c([2H])c32)c([2H])c1[2H]. The van der Waals surface area contributed by atoms with Crippen molar-refractivity contribution >= 4 is 65.3 Å². The Bertz CT molecular complexity index is 4020. The quantitative estimate of drug-likeness (QED) is 0.186. The zero-order valence-corrected chi connectivity index (χ0v) is 26.9. The number of benzene rings is 8. The maximum absolute atomic E-state index is 9.68. The maximum Gasteiger partial charge on any atom is 0.160 e. The summed E-state index contributed by atoms with van der Waals surface area (Å²) in [5.74, 6) is 0.392. The van der Waals surface area contributed by atoms with Crippen LogP contribution in [0.1, 0.15) is 20.6 Å². The topological polar surface area (TPSA) is 35.6 Å². The largest absolute Gasteiger partial charge is 0.309 e. The third-order valence-corrected chi connectivity index (χ3v) is 9.47. The van der Waals surface area contributed by atoms with Crippen LogP contribution in [0.5, 0.6) is 0 Å². The lowest BCUT2D eigenvalue weighted by molar-refractivity contribution is 1.17. The summed E-state index contributed by atoms with van der Waals surface area (Å²) in [6, 6.07) is 18.8. The van der Waals surface area contributed by atoms with Gasteiger partial charge >= 0.3 is 0 Å². The van der Waals surface area contributed by atoms with Crippen LogP contribution in [0.3, 0.4) is 0 Å². The van der Waals surface area contributed by atoms with E-state index in [-0.39, 0.29) is 43.6 Å². The molecule has 11 aromatic rings. The van der Waals surface area contributed by atoms with E-state index in [2.05, 4.69) is 6.07 Å². The van der Waals surface area contributed by atoms with Gasteiger partial charge < -0.3 is 9.13 Å². The molecule has 0 radical (unpaired) electrons. The standard InChI is InChI=1S/C48H30N4/c1-2-14-35(15-3-1)51-41-20-10-7-17-38(41)45-43(51)28-29-44-46(45)39-18-8-11-21-42(39)52(44)36-26-24-32(25-27-36)48-49-40-19-9-6-16-37(40)47(50-48)34-23-22-31-12-4-5-13-33(31)30-34/h1-30H/i1D,2D,3D,7D,8D,10D,11D,14D,15D,17D,18D,20D,21D,28D,29D. The average molecular weight is 678 g/mol. The molecule has 242 valence electrons. The second-order valence-corrected chi connectivity index (χ2v) is 12.3. The molecule has 0 bridgehead atoms. The van der Waals surface area contributed by atoms with E-state index in [1.807, 2.05) is 60.7 Å². The minimum Gasteiger partial charge on any atom is -0.309 e. The maximum atomic E-state index is 9.68. The Morgan fingerprint density at radius 3 is 1.75 bits per heavy atom. The Morgan fingerprint density at radius 2 is 1.02 bits per heavy atom. The molecular formula is C48H30N4. The lowest BCUT2D eigenvalue weighted by atomic mass is 10.0. The Labute approximate surface area is 320 Å². The van der Waals surface area contributed by atoms with Crippen molar-refractivity contribution in [3.63, 3.8) is 0 Å². The summed E-state index contributed by atoms with van der Waals surface area (Å²) in [5.41, 5.74) is 1.76. The monoisotopic (exact) mass is 677 g/mol. The van der Waals surface area contributed by atoms with E-state index in [0.29, 0.717) is 28.3 Å². The highest BCUT2D eigenvalue weighted by Gasteiger charge is 2.20. The zero-order chi connectivity index (χ0) is 47.2. The molecule has 0 N–H and O–H groups in total. The van der Waals surface area contributed by atoms with Crippen LogP contribution in [-0.2, 0) is 0 Å². The average Bonchev–Trinajstić information content (AvgIpc) is 3.88. The Hall–Kier alpha value is -7.04. The van der Waals surface area contributed by atoms with E-state index in [9.17, 15) is 6.85 Å². The van der Waals surface area contributed by atoms with E-state index in [4.69, 9.17) is 23.7 Å². The fourth-order valence-corrected chi connectivity index (χ4v) is 7.19. The van der Waals surface area contributed by atoms with Gasteiger partial charge in [-0.1, -0.05) is 109 Å². The molecule has 0 unspecified atom stereocenters. The van der Waals surface area contributed by atoms with E-state index in [0.717, 1.165) is 26.3 Å². The van der Waals surface area contributed by atoms with Crippen molar-refractivity contribution in [1.82, 2.24) is 19.1 Å². The summed E-state index contributed by atoms with van der Waals surface area (Å²) in [7, 11) is 0. The molecule has 0 amide bonds. The zero-order valence-electron chi connectivity index (χ0n) is 41.9. The molecular weight excluding hydrogens is 633 g/mol. The number of hydrogen-bond acceptors (Lipinski definition) is 2. The normalized spacial score (nSPS) is 15.9. The second-order valence-electron chi connectivity index (χ2n) is 12.3. The highest BCUT2D eigenvalue weighted by atomic mass is 15.0. The van der Waals surface area contributed by atoms with Crippen LogP contribution in [0.2, 0.25) is 0 Å². The number of rotatable bonds is 4. The van der Waals surface area contributed by atoms with Crippen LogP contribution in [-0.4, -0.2) is 19.1 Å². The molecule has 0 aliphatic rings. The molecule has 0 saturated heterocycles. The number of fused-ring (bicyclic) bond motifs is 9. The number of hydrogen-bond donors (Lipinski definition) is 0. The minimum atomic E-state index is -0.751. The van der Waals surface area contributed by atoms with Gasteiger partial charge in [-0.05, 0) is 83.4 Å². The number of para-hydroxylation sites is 4. The molecule has 8 aromatic carbocycles. The fourth-order valence-electron chi connectivity index (χ4n) is 7.19. The van der Waals surface area contributed by atoms with Gasteiger partial charge in [-0.3, -0.25) is 0 Å². The van der Waals surface area contributed by atoms with Crippen molar-refractivity contribution in [2.45, 2.75) is 0 Å². The van der Waals surface area contributed by atoms with Crippen molar-refractivity contribution in [3.8, 4) is 34.0 Å². The van der Waals surface area contributed by atoms with Crippen LogP contribution in [0.15, 0.2) is 182 Å². The second kappa shape index (κ2) is 11.2. The van der Waals surface area contributed by atoms with Crippen LogP contribution in [0.4, 0.5) is 0 Å². The third kappa shape index (κ3) is 4.28. The highest BCUT2D eigenvalue weighted by molar-refractivity contribution is 6.28. The van der Waals surface area contributed by atoms with Gasteiger partial charge in [0.05, 0.1) is 53.8 Å². The summed E-state index contributed by atoms with van der Waals surface area (Å²) in [6.07, 6.45) is 0. The van der Waals surface area contributed by atoms with Gasteiger partial charge in [0, 0.05) is 49.4 Å². The van der Waals surface area contributed by atoms with E-state index in [1.165, 1.54) is 4.57 Å². The Kier molecular flexibility index (Phi) is 3.84. The molecule has 3 aromatic heterocycles. The number of nitrogens with zero attached hydrogens (tertiary/aromatic N) is 4. The Morgan fingerprint density at radius 1 is 0.423 bits per heavy atom. The summed E-state index contributed by atoms with van der Waals surface area (Å²) in [5, 5.41) is 2.38. The first-order valence-electron chi connectivity index (χ1n) is 24.0. The molecule has 3 heterocycles. The van der Waals surface area contributed by atoms with Crippen molar-refractivity contribution in [3.05, 3.63) is 182 Å². The fraction of sp³-hybridized carbons (Fsp3) is 0. The minimum absolute atomic E-state index is 0.0684. The van der Waals surface area contributed by atoms with Gasteiger partial charge in [-0.15, -0.1) is 0 Å².